The van der Waals surface area contributed by atoms with Crippen LogP contribution < -0.4 is 5.32 Å². The third-order valence-electron chi connectivity index (χ3n) is 5.23. The van der Waals surface area contributed by atoms with Gasteiger partial charge in [0.25, 0.3) is 0 Å². The molecule has 136 valence electrons. The Balaban J connectivity index is 1.91. The number of nitrogens with zero attached hydrogens (tertiary/aromatic N) is 1. The molecule has 0 fully saturated rings. The number of hydrogen-bond acceptors (Lipinski definition) is 3. The molecule has 0 bridgehead atoms. The van der Waals surface area contributed by atoms with E-state index < -0.39 is 15.7 Å². The Morgan fingerprint density at radius 3 is 2.54 bits per heavy atom. The normalized spacial score (nSPS) is 17.9. The summed E-state index contributed by atoms with van der Waals surface area (Å²) in [6, 6.07) is 10.3. The molecular weight excluding hydrogens is 351 g/mol. The van der Waals surface area contributed by atoms with Crippen LogP contribution in [-0.4, -0.2) is 26.1 Å². The highest BCUT2D eigenvalue weighted by Crippen LogP contribution is 2.34. The van der Waals surface area contributed by atoms with Gasteiger partial charge in [-0.1, -0.05) is 6.92 Å². The maximum atomic E-state index is 13.1. The predicted octanol–water partition coefficient (Wildman–Crippen LogP) is 3.40. The number of rotatable bonds is 2. The van der Waals surface area contributed by atoms with Crippen LogP contribution in [-0.2, 0) is 23.3 Å². The molecule has 3 aromatic rings. The molecule has 1 N–H and O–H groups in total. The standard InChI is InChI=1S/C20H21FN2O2S/c1-13-12-22-10-9-17-18-11-16(7-8-19(18)23(2)20(13)17)26(24,25)15-5-3-14(21)4-6-15/h3-8,11,13,22H,9-10,12H2,1-2H3. The number of sulfone groups is 1. The molecule has 0 radical (unpaired) electrons. The average molecular weight is 372 g/mol. The van der Waals surface area contributed by atoms with Crippen LogP contribution >= 0.6 is 0 Å². The first-order chi connectivity index (χ1) is 12.4. The summed E-state index contributed by atoms with van der Waals surface area (Å²) in [6.45, 7) is 3.98. The van der Waals surface area contributed by atoms with Crippen molar-refractivity contribution < 1.29 is 12.8 Å². The number of halogens is 1. The molecule has 0 saturated carbocycles. The number of aryl methyl sites for hydroxylation is 1. The Hall–Kier alpha value is -2.18. The molecule has 1 aliphatic heterocycles. The number of nitrogens with one attached hydrogen (secondary N) is 1. The number of aromatic nitrogens is 1. The fraction of sp³-hybridized carbons (Fsp3) is 0.300. The second-order valence-electron chi connectivity index (χ2n) is 6.91. The topological polar surface area (TPSA) is 51.1 Å². The minimum absolute atomic E-state index is 0.107. The van der Waals surface area contributed by atoms with Gasteiger partial charge in [-0.15, -0.1) is 0 Å². The van der Waals surface area contributed by atoms with E-state index >= 15 is 0 Å². The van der Waals surface area contributed by atoms with E-state index in [1.165, 1.54) is 35.5 Å². The fourth-order valence-electron chi connectivity index (χ4n) is 3.96. The van der Waals surface area contributed by atoms with E-state index in [9.17, 15) is 12.8 Å². The molecule has 1 unspecified atom stereocenters. The molecule has 4 rings (SSSR count). The smallest absolute Gasteiger partial charge is 0.206 e. The monoisotopic (exact) mass is 372 g/mol. The Morgan fingerprint density at radius 1 is 1.12 bits per heavy atom. The summed E-state index contributed by atoms with van der Waals surface area (Å²) in [5.41, 5.74) is 3.53. The first-order valence-corrected chi connectivity index (χ1v) is 10.2. The molecule has 1 aromatic heterocycles. The Kier molecular flexibility index (Phi) is 4.12. The van der Waals surface area contributed by atoms with Gasteiger partial charge in [0.2, 0.25) is 9.84 Å². The van der Waals surface area contributed by atoms with Crippen molar-refractivity contribution in [2.45, 2.75) is 29.1 Å². The quantitative estimate of drug-likeness (QED) is 0.702. The second-order valence-corrected chi connectivity index (χ2v) is 8.86. The van der Waals surface area contributed by atoms with E-state index in [1.807, 2.05) is 13.1 Å². The summed E-state index contributed by atoms with van der Waals surface area (Å²) in [5.74, 6) is -0.0867. The zero-order valence-corrected chi connectivity index (χ0v) is 15.6. The van der Waals surface area contributed by atoms with Crippen LogP contribution in [0, 0.1) is 5.82 Å². The minimum atomic E-state index is -3.68. The van der Waals surface area contributed by atoms with E-state index in [-0.39, 0.29) is 9.79 Å². The molecule has 0 saturated heterocycles. The summed E-state index contributed by atoms with van der Waals surface area (Å²) in [6.07, 6.45) is 0.872. The lowest BCUT2D eigenvalue weighted by molar-refractivity contribution is 0.595. The number of benzene rings is 2. The molecule has 4 nitrogen and oxygen atoms in total. The van der Waals surface area contributed by atoms with E-state index in [4.69, 9.17) is 0 Å². The van der Waals surface area contributed by atoms with E-state index in [2.05, 4.69) is 16.8 Å². The fourth-order valence-corrected chi connectivity index (χ4v) is 5.24. The van der Waals surface area contributed by atoms with Crippen LogP contribution in [0.5, 0.6) is 0 Å². The van der Waals surface area contributed by atoms with Crippen LogP contribution in [0.15, 0.2) is 52.3 Å². The van der Waals surface area contributed by atoms with Gasteiger partial charge in [0.05, 0.1) is 9.79 Å². The van der Waals surface area contributed by atoms with Crippen molar-refractivity contribution in [3.8, 4) is 0 Å². The first kappa shape index (κ1) is 17.2. The molecular formula is C20H21FN2O2S. The second kappa shape index (κ2) is 6.21. The number of fused-ring (bicyclic) bond motifs is 3. The number of hydrogen-bond donors (Lipinski definition) is 1. The van der Waals surface area contributed by atoms with Gasteiger partial charge in [-0.05, 0) is 61.0 Å². The summed E-state index contributed by atoms with van der Waals surface area (Å²) in [4.78, 5) is 0.352. The third-order valence-corrected chi connectivity index (χ3v) is 7.00. The molecule has 6 heteroatoms. The van der Waals surface area contributed by atoms with Crippen molar-refractivity contribution in [3.63, 3.8) is 0 Å². The largest absolute Gasteiger partial charge is 0.347 e. The van der Waals surface area contributed by atoms with Crippen LogP contribution in [0.1, 0.15) is 24.1 Å². The molecule has 0 amide bonds. The zero-order chi connectivity index (χ0) is 18.5. The maximum absolute atomic E-state index is 13.1. The Bertz CT molecular complexity index is 1090. The molecule has 26 heavy (non-hydrogen) atoms. The van der Waals surface area contributed by atoms with Crippen molar-refractivity contribution in [2.24, 2.45) is 7.05 Å². The molecule has 2 aromatic carbocycles. The van der Waals surface area contributed by atoms with Crippen molar-refractivity contribution in [3.05, 3.63) is 59.5 Å². The van der Waals surface area contributed by atoms with Gasteiger partial charge < -0.3 is 9.88 Å². The Morgan fingerprint density at radius 2 is 1.81 bits per heavy atom. The van der Waals surface area contributed by atoms with Crippen LogP contribution in [0.25, 0.3) is 10.9 Å². The van der Waals surface area contributed by atoms with E-state index in [1.54, 1.807) is 12.1 Å². The van der Waals surface area contributed by atoms with E-state index in [0.29, 0.717) is 5.92 Å². The van der Waals surface area contributed by atoms with Crippen molar-refractivity contribution >= 4 is 20.7 Å². The van der Waals surface area contributed by atoms with Crippen molar-refractivity contribution in [2.75, 3.05) is 13.1 Å². The van der Waals surface area contributed by atoms with Crippen LogP contribution in [0.3, 0.4) is 0 Å². The Labute approximate surface area is 152 Å². The van der Waals surface area contributed by atoms with Gasteiger partial charge in [-0.25, -0.2) is 12.8 Å². The van der Waals surface area contributed by atoms with Gasteiger partial charge in [0.1, 0.15) is 5.82 Å². The molecule has 0 aliphatic carbocycles. The maximum Gasteiger partial charge on any atom is 0.206 e. The molecule has 2 heterocycles. The van der Waals surface area contributed by atoms with Gasteiger partial charge in [0, 0.05) is 36.1 Å². The highest BCUT2D eigenvalue weighted by Gasteiger charge is 2.24. The molecule has 1 aliphatic rings. The molecule has 1 atom stereocenters. The summed E-state index contributed by atoms with van der Waals surface area (Å²) >= 11 is 0. The first-order valence-electron chi connectivity index (χ1n) is 8.72. The van der Waals surface area contributed by atoms with Gasteiger partial charge in [0.15, 0.2) is 0 Å². The van der Waals surface area contributed by atoms with E-state index in [0.717, 1.165) is 30.4 Å². The van der Waals surface area contributed by atoms with Crippen molar-refractivity contribution in [1.29, 1.82) is 0 Å². The average Bonchev–Trinajstić information content (AvgIpc) is 2.76. The lowest BCUT2D eigenvalue weighted by Crippen LogP contribution is -2.19. The SMILES string of the molecule is CC1CNCCc2c1n(C)c1ccc(S(=O)(=O)c3ccc(F)cc3)cc21. The van der Waals surface area contributed by atoms with Crippen LogP contribution in [0.2, 0.25) is 0 Å². The highest BCUT2D eigenvalue weighted by molar-refractivity contribution is 7.91. The summed E-state index contributed by atoms with van der Waals surface area (Å²) in [5, 5.41) is 4.42. The van der Waals surface area contributed by atoms with Crippen molar-refractivity contribution in [1.82, 2.24) is 9.88 Å². The van der Waals surface area contributed by atoms with Gasteiger partial charge in [-0.3, -0.25) is 0 Å². The summed E-state index contributed by atoms with van der Waals surface area (Å²) in [7, 11) is -1.64. The van der Waals surface area contributed by atoms with Crippen LogP contribution in [0.4, 0.5) is 4.39 Å². The summed E-state index contributed by atoms with van der Waals surface area (Å²) < 4.78 is 41.2. The predicted molar refractivity (Wildman–Crippen MR) is 99.8 cm³/mol. The highest BCUT2D eigenvalue weighted by atomic mass is 32.2. The zero-order valence-electron chi connectivity index (χ0n) is 14.8. The molecule has 0 spiro atoms. The van der Waals surface area contributed by atoms with Gasteiger partial charge >= 0.3 is 0 Å². The lowest BCUT2D eigenvalue weighted by Gasteiger charge is -2.12. The minimum Gasteiger partial charge on any atom is -0.347 e. The third kappa shape index (κ3) is 2.64. The lowest BCUT2D eigenvalue weighted by atomic mass is 10.0. The van der Waals surface area contributed by atoms with Gasteiger partial charge in [-0.2, -0.15) is 0 Å².